The van der Waals surface area contributed by atoms with Crippen molar-refractivity contribution < 1.29 is 0 Å². The Hall–Kier alpha value is -1.16. The number of nitrogens with two attached hydrogens (primary N) is 1. The van der Waals surface area contributed by atoms with Crippen LogP contribution in [0.4, 0.5) is 5.82 Å². The molecule has 4 nitrogen and oxygen atoms in total. The number of rotatable bonds is 3. The SMILES string of the molecule is CN(C)CCc1nc(N)c2c(n1)CCCCC2. The Morgan fingerprint density at radius 3 is 2.65 bits per heavy atom. The van der Waals surface area contributed by atoms with Gasteiger partial charge in [0.15, 0.2) is 0 Å². The van der Waals surface area contributed by atoms with Crippen LogP contribution in [0.1, 0.15) is 36.3 Å². The van der Waals surface area contributed by atoms with Crippen LogP contribution in [0.2, 0.25) is 0 Å². The molecule has 1 aliphatic carbocycles. The standard InChI is InChI=1S/C13H22N4/c1-17(2)9-8-12-15-11-7-5-3-4-6-10(11)13(14)16-12/h3-9H2,1-2H3,(H2,14,15,16). The molecule has 0 radical (unpaired) electrons. The van der Waals surface area contributed by atoms with Gasteiger partial charge in [-0.3, -0.25) is 0 Å². The third kappa shape index (κ3) is 3.16. The van der Waals surface area contributed by atoms with Crippen LogP contribution in [-0.4, -0.2) is 35.5 Å². The second-order valence-electron chi connectivity index (χ2n) is 5.06. The van der Waals surface area contributed by atoms with E-state index in [0.717, 1.165) is 31.6 Å². The van der Waals surface area contributed by atoms with Crippen LogP contribution in [0, 0.1) is 0 Å². The predicted molar refractivity (Wildman–Crippen MR) is 70.0 cm³/mol. The number of aromatic nitrogens is 2. The molecule has 1 heterocycles. The van der Waals surface area contributed by atoms with Crippen molar-refractivity contribution >= 4 is 5.82 Å². The Kier molecular flexibility index (Phi) is 3.94. The molecule has 2 rings (SSSR count). The van der Waals surface area contributed by atoms with E-state index in [4.69, 9.17) is 5.73 Å². The summed E-state index contributed by atoms with van der Waals surface area (Å²) in [6.07, 6.45) is 6.73. The van der Waals surface area contributed by atoms with Gasteiger partial charge in [0, 0.05) is 24.2 Å². The van der Waals surface area contributed by atoms with E-state index in [0.29, 0.717) is 5.82 Å². The molecule has 0 atom stereocenters. The van der Waals surface area contributed by atoms with Crippen molar-refractivity contribution in [3.8, 4) is 0 Å². The van der Waals surface area contributed by atoms with E-state index in [1.165, 1.54) is 30.5 Å². The number of fused-ring (bicyclic) bond motifs is 1. The van der Waals surface area contributed by atoms with Gasteiger partial charge < -0.3 is 10.6 Å². The van der Waals surface area contributed by atoms with Crippen molar-refractivity contribution in [2.45, 2.75) is 38.5 Å². The molecule has 0 aromatic carbocycles. The number of nitrogen functional groups attached to an aromatic ring is 1. The maximum absolute atomic E-state index is 6.05. The van der Waals surface area contributed by atoms with Crippen molar-refractivity contribution in [3.05, 3.63) is 17.1 Å². The largest absolute Gasteiger partial charge is 0.383 e. The van der Waals surface area contributed by atoms with E-state index >= 15 is 0 Å². The molecule has 0 amide bonds. The van der Waals surface area contributed by atoms with Crippen molar-refractivity contribution in [1.29, 1.82) is 0 Å². The molecule has 1 aromatic heterocycles. The Morgan fingerprint density at radius 1 is 1.12 bits per heavy atom. The van der Waals surface area contributed by atoms with Crippen molar-refractivity contribution in [2.24, 2.45) is 0 Å². The zero-order valence-corrected chi connectivity index (χ0v) is 10.9. The van der Waals surface area contributed by atoms with E-state index in [1.807, 2.05) is 0 Å². The molecule has 4 heteroatoms. The first-order valence-electron chi connectivity index (χ1n) is 6.45. The monoisotopic (exact) mass is 234 g/mol. The number of hydrogen-bond donors (Lipinski definition) is 1. The van der Waals surface area contributed by atoms with Crippen LogP contribution in [0.15, 0.2) is 0 Å². The van der Waals surface area contributed by atoms with Crippen molar-refractivity contribution in [3.63, 3.8) is 0 Å². The van der Waals surface area contributed by atoms with Gasteiger partial charge in [-0.15, -0.1) is 0 Å². The van der Waals surface area contributed by atoms with E-state index in [1.54, 1.807) is 0 Å². The molecule has 94 valence electrons. The number of anilines is 1. The van der Waals surface area contributed by atoms with Gasteiger partial charge in [-0.25, -0.2) is 9.97 Å². The van der Waals surface area contributed by atoms with Crippen LogP contribution < -0.4 is 5.73 Å². The first-order chi connectivity index (χ1) is 8.16. The molecule has 1 aliphatic rings. The third-order valence-corrected chi connectivity index (χ3v) is 3.29. The fourth-order valence-corrected chi connectivity index (χ4v) is 2.29. The molecular formula is C13H22N4. The van der Waals surface area contributed by atoms with Gasteiger partial charge in [0.25, 0.3) is 0 Å². The molecular weight excluding hydrogens is 212 g/mol. The van der Waals surface area contributed by atoms with Crippen molar-refractivity contribution in [2.75, 3.05) is 26.4 Å². The lowest BCUT2D eigenvalue weighted by atomic mass is 10.1. The number of aryl methyl sites for hydroxylation is 1. The average molecular weight is 234 g/mol. The van der Waals surface area contributed by atoms with E-state index in [9.17, 15) is 0 Å². The minimum absolute atomic E-state index is 0.714. The quantitative estimate of drug-likeness (QED) is 0.804. The fourth-order valence-electron chi connectivity index (χ4n) is 2.29. The van der Waals surface area contributed by atoms with Gasteiger partial charge in [-0.05, 0) is 39.8 Å². The van der Waals surface area contributed by atoms with E-state index in [2.05, 4.69) is 29.0 Å². The molecule has 0 unspecified atom stereocenters. The molecule has 17 heavy (non-hydrogen) atoms. The normalized spacial score (nSPS) is 15.7. The van der Waals surface area contributed by atoms with Crippen LogP contribution in [0.25, 0.3) is 0 Å². The second-order valence-corrected chi connectivity index (χ2v) is 5.06. The third-order valence-electron chi connectivity index (χ3n) is 3.29. The summed E-state index contributed by atoms with van der Waals surface area (Å²) in [5, 5.41) is 0. The van der Waals surface area contributed by atoms with Gasteiger partial charge in [0.1, 0.15) is 11.6 Å². The molecule has 0 spiro atoms. The highest BCUT2D eigenvalue weighted by molar-refractivity contribution is 5.43. The molecule has 1 aromatic rings. The summed E-state index contributed by atoms with van der Waals surface area (Å²) >= 11 is 0. The summed E-state index contributed by atoms with van der Waals surface area (Å²) in [4.78, 5) is 11.3. The zero-order valence-electron chi connectivity index (χ0n) is 10.9. The van der Waals surface area contributed by atoms with Crippen LogP contribution in [-0.2, 0) is 19.3 Å². The summed E-state index contributed by atoms with van der Waals surface area (Å²) in [6.45, 7) is 0.970. The smallest absolute Gasteiger partial charge is 0.132 e. The first kappa shape index (κ1) is 12.3. The molecule has 2 N–H and O–H groups in total. The Morgan fingerprint density at radius 2 is 1.88 bits per heavy atom. The summed E-state index contributed by atoms with van der Waals surface area (Å²) in [6, 6.07) is 0. The maximum Gasteiger partial charge on any atom is 0.132 e. The van der Waals surface area contributed by atoms with Crippen LogP contribution >= 0.6 is 0 Å². The Balaban J connectivity index is 2.20. The number of hydrogen-bond acceptors (Lipinski definition) is 4. The summed E-state index contributed by atoms with van der Waals surface area (Å²) in [5.74, 6) is 1.61. The van der Waals surface area contributed by atoms with E-state index < -0.39 is 0 Å². The van der Waals surface area contributed by atoms with Crippen LogP contribution in [0.5, 0.6) is 0 Å². The Labute approximate surface area is 103 Å². The average Bonchev–Trinajstić information content (AvgIpc) is 2.51. The van der Waals surface area contributed by atoms with Gasteiger partial charge >= 0.3 is 0 Å². The van der Waals surface area contributed by atoms with Gasteiger partial charge in [-0.1, -0.05) is 6.42 Å². The van der Waals surface area contributed by atoms with E-state index in [-0.39, 0.29) is 0 Å². The molecule has 0 aliphatic heterocycles. The van der Waals surface area contributed by atoms with Crippen molar-refractivity contribution in [1.82, 2.24) is 14.9 Å². The summed E-state index contributed by atoms with van der Waals surface area (Å²) in [7, 11) is 4.12. The molecule has 0 saturated heterocycles. The first-order valence-corrected chi connectivity index (χ1v) is 6.45. The van der Waals surface area contributed by atoms with Gasteiger partial charge in [0.05, 0.1) is 0 Å². The number of likely N-dealkylation sites (N-methyl/N-ethyl adjacent to an activating group) is 1. The lowest BCUT2D eigenvalue weighted by Gasteiger charge is -2.12. The highest BCUT2D eigenvalue weighted by atomic mass is 15.1. The van der Waals surface area contributed by atoms with Gasteiger partial charge in [-0.2, -0.15) is 0 Å². The summed E-state index contributed by atoms with van der Waals surface area (Å²) < 4.78 is 0. The fraction of sp³-hybridized carbons (Fsp3) is 0.692. The topological polar surface area (TPSA) is 55.0 Å². The molecule has 0 saturated carbocycles. The lowest BCUT2D eigenvalue weighted by molar-refractivity contribution is 0.409. The minimum Gasteiger partial charge on any atom is -0.383 e. The minimum atomic E-state index is 0.714. The Bertz CT molecular complexity index is 387. The molecule has 0 bridgehead atoms. The zero-order chi connectivity index (χ0) is 12.3. The second kappa shape index (κ2) is 5.45. The van der Waals surface area contributed by atoms with Crippen LogP contribution in [0.3, 0.4) is 0 Å². The molecule has 0 fully saturated rings. The highest BCUT2D eigenvalue weighted by Crippen LogP contribution is 2.22. The number of nitrogens with zero attached hydrogens (tertiary/aromatic N) is 3. The highest BCUT2D eigenvalue weighted by Gasteiger charge is 2.14. The predicted octanol–water partition coefficient (Wildman–Crippen LogP) is 1.43. The summed E-state index contributed by atoms with van der Waals surface area (Å²) in [5.41, 5.74) is 8.46. The lowest BCUT2D eigenvalue weighted by Crippen LogP contribution is -2.18. The maximum atomic E-state index is 6.05. The van der Waals surface area contributed by atoms with Gasteiger partial charge in [0.2, 0.25) is 0 Å².